The maximum atomic E-state index is 11.9. The number of methoxy groups -OCH3 is 2. The van der Waals surface area contributed by atoms with E-state index in [1.165, 1.54) is 0 Å². The molecule has 1 amide bonds. The van der Waals surface area contributed by atoms with Gasteiger partial charge in [0.1, 0.15) is 0 Å². The van der Waals surface area contributed by atoms with Gasteiger partial charge < -0.3 is 9.47 Å². The number of hydrogen-bond acceptors (Lipinski definition) is 5. The highest BCUT2D eigenvalue weighted by atomic mass is 32.1. The van der Waals surface area contributed by atoms with E-state index in [1.54, 1.807) is 43.9 Å². The number of nitrogens with one attached hydrogen (secondary N) is 1. The van der Waals surface area contributed by atoms with Gasteiger partial charge in [0.2, 0.25) is 5.91 Å². The Morgan fingerprint density at radius 2 is 2.05 bits per heavy atom. The standard InChI is InChI=1S/C16H18N2O3S/c1-11-6-7-22-15(11)10-17-18-16(19)9-12-4-5-13(20-2)14(8-12)21-3/h4-8,10H,9H2,1-3H3,(H,18,19)/b17-10+. The van der Waals surface area contributed by atoms with Gasteiger partial charge in [-0.25, -0.2) is 5.43 Å². The van der Waals surface area contributed by atoms with Crippen molar-refractivity contribution in [3.63, 3.8) is 0 Å². The number of thiophene rings is 1. The number of rotatable bonds is 6. The van der Waals surface area contributed by atoms with E-state index in [0.717, 1.165) is 16.0 Å². The number of aryl methyl sites for hydroxylation is 1. The Labute approximate surface area is 133 Å². The second-order valence-corrected chi connectivity index (χ2v) is 5.57. The van der Waals surface area contributed by atoms with Crippen molar-refractivity contribution in [1.82, 2.24) is 5.43 Å². The summed E-state index contributed by atoms with van der Waals surface area (Å²) in [5, 5.41) is 5.97. The lowest BCUT2D eigenvalue weighted by Crippen LogP contribution is -2.19. The Hall–Kier alpha value is -2.34. The summed E-state index contributed by atoms with van der Waals surface area (Å²) in [6.45, 7) is 2.00. The third-order valence-electron chi connectivity index (χ3n) is 3.09. The minimum Gasteiger partial charge on any atom is -0.493 e. The lowest BCUT2D eigenvalue weighted by molar-refractivity contribution is -0.120. The number of hydrazone groups is 1. The van der Waals surface area contributed by atoms with Crippen LogP contribution in [-0.2, 0) is 11.2 Å². The second kappa shape index (κ2) is 7.61. The molecule has 0 aliphatic rings. The average Bonchev–Trinajstić information content (AvgIpc) is 2.92. The number of nitrogens with zero attached hydrogens (tertiary/aromatic N) is 1. The molecule has 0 aliphatic carbocycles. The summed E-state index contributed by atoms with van der Waals surface area (Å²) in [6, 6.07) is 7.40. The van der Waals surface area contributed by atoms with Gasteiger partial charge in [0.25, 0.3) is 0 Å². The van der Waals surface area contributed by atoms with Crippen LogP contribution in [0.1, 0.15) is 16.0 Å². The Morgan fingerprint density at radius 1 is 1.27 bits per heavy atom. The molecular weight excluding hydrogens is 300 g/mol. The van der Waals surface area contributed by atoms with Crippen LogP contribution >= 0.6 is 11.3 Å². The number of carbonyl (C=O) groups is 1. The van der Waals surface area contributed by atoms with E-state index in [1.807, 2.05) is 24.4 Å². The summed E-state index contributed by atoms with van der Waals surface area (Å²) in [7, 11) is 3.14. The van der Waals surface area contributed by atoms with Gasteiger partial charge in [-0.15, -0.1) is 11.3 Å². The molecule has 0 fully saturated rings. The van der Waals surface area contributed by atoms with E-state index in [-0.39, 0.29) is 12.3 Å². The highest BCUT2D eigenvalue weighted by Gasteiger charge is 2.07. The van der Waals surface area contributed by atoms with Crippen molar-refractivity contribution in [2.45, 2.75) is 13.3 Å². The van der Waals surface area contributed by atoms with Crippen molar-refractivity contribution in [3.05, 3.63) is 45.6 Å². The first-order valence-electron chi connectivity index (χ1n) is 6.71. The molecule has 0 unspecified atom stereocenters. The topological polar surface area (TPSA) is 59.9 Å². The Kier molecular flexibility index (Phi) is 5.55. The van der Waals surface area contributed by atoms with Crippen molar-refractivity contribution in [3.8, 4) is 11.5 Å². The van der Waals surface area contributed by atoms with Gasteiger partial charge in [-0.05, 0) is 41.6 Å². The van der Waals surface area contributed by atoms with Crippen LogP contribution in [0.25, 0.3) is 0 Å². The molecule has 0 saturated carbocycles. The first kappa shape index (κ1) is 16.0. The number of carbonyl (C=O) groups excluding carboxylic acids is 1. The molecular formula is C16H18N2O3S. The fraction of sp³-hybridized carbons (Fsp3) is 0.250. The maximum absolute atomic E-state index is 11.9. The summed E-state index contributed by atoms with van der Waals surface area (Å²) in [4.78, 5) is 12.9. The van der Waals surface area contributed by atoms with E-state index in [9.17, 15) is 4.79 Å². The highest BCUT2D eigenvalue weighted by molar-refractivity contribution is 7.11. The molecule has 116 valence electrons. The summed E-state index contributed by atoms with van der Waals surface area (Å²) in [5.41, 5.74) is 4.50. The van der Waals surface area contributed by atoms with Crippen LogP contribution < -0.4 is 14.9 Å². The van der Waals surface area contributed by atoms with Crippen molar-refractivity contribution in [1.29, 1.82) is 0 Å². The van der Waals surface area contributed by atoms with Crippen molar-refractivity contribution in [2.24, 2.45) is 5.10 Å². The fourth-order valence-electron chi connectivity index (χ4n) is 1.90. The van der Waals surface area contributed by atoms with Crippen molar-refractivity contribution in [2.75, 3.05) is 14.2 Å². The normalized spacial score (nSPS) is 10.7. The average molecular weight is 318 g/mol. The third kappa shape index (κ3) is 4.08. The molecule has 1 heterocycles. The highest BCUT2D eigenvalue weighted by Crippen LogP contribution is 2.27. The fourth-order valence-corrected chi connectivity index (χ4v) is 2.68. The molecule has 5 nitrogen and oxygen atoms in total. The molecule has 0 aliphatic heterocycles. The van der Waals surface area contributed by atoms with Gasteiger partial charge in [0, 0.05) is 4.88 Å². The zero-order chi connectivity index (χ0) is 15.9. The van der Waals surface area contributed by atoms with Crippen LogP contribution in [0.2, 0.25) is 0 Å². The first-order valence-corrected chi connectivity index (χ1v) is 7.59. The summed E-state index contributed by atoms with van der Waals surface area (Å²) >= 11 is 1.58. The number of hydrogen-bond donors (Lipinski definition) is 1. The summed E-state index contributed by atoms with van der Waals surface area (Å²) < 4.78 is 10.4. The lowest BCUT2D eigenvalue weighted by Gasteiger charge is -2.09. The predicted octanol–water partition coefficient (Wildman–Crippen LogP) is 2.77. The lowest BCUT2D eigenvalue weighted by atomic mass is 10.1. The van der Waals surface area contributed by atoms with E-state index >= 15 is 0 Å². The first-order chi connectivity index (χ1) is 10.6. The molecule has 0 spiro atoms. The minimum absolute atomic E-state index is 0.183. The quantitative estimate of drug-likeness (QED) is 0.658. The van der Waals surface area contributed by atoms with Gasteiger partial charge in [0.05, 0.1) is 26.9 Å². The molecule has 0 atom stereocenters. The maximum Gasteiger partial charge on any atom is 0.244 e. The van der Waals surface area contributed by atoms with Gasteiger partial charge in [-0.3, -0.25) is 4.79 Å². The molecule has 1 aromatic heterocycles. The van der Waals surface area contributed by atoms with E-state index in [0.29, 0.717) is 11.5 Å². The van der Waals surface area contributed by atoms with E-state index < -0.39 is 0 Å². The Balaban J connectivity index is 1.94. The molecule has 2 rings (SSSR count). The van der Waals surface area contributed by atoms with Crippen LogP contribution in [0.4, 0.5) is 0 Å². The number of benzene rings is 1. The van der Waals surface area contributed by atoms with E-state index in [2.05, 4.69) is 10.5 Å². The van der Waals surface area contributed by atoms with Gasteiger partial charge in [0.15, 0.2) is 11.5 Å². The summed E-state index contributed by atoms with van der Waals surface area (Å²) in [6.07, 6.45) is 1.88. The number of amides is 1. The van der Waals surface area contributed by atoms with Crippen LogP contribution in [0.15, 0.2) is 34.7 Å². The van der Waals surface area contributed by atoms with E-state index in [4.69, 9.17) is 9.47 Å². The van der Waals surface area contributed by atoms with Crippen LogP contribution in [0, 0.1) is 6.92 Å². The molecule has 0 saturated heterocycles. The molecule has 1 N–H and O–H groups in total. The Morgan fingerprint density at radius 3 is 2.68 bits per heavy atom. The monoisotopic (exact) mass is 318 g/mol. The SMILES string of the molecule is COc1ccc(CC(=O)N/N=C/c2sccc2C)cc1OC. The molecule has 2 aromatic rings. The molecule has 6 heteroatoms. The smallest absolute Gasteiger partial charge is 0.244 e. The molecule has 0 bridgehead atoms. The third-order valence-corrected chi connectivity index (χ3v) is 4.04. The zero-order valence-corrected chi connectivity index (χ0v) is 13.6. The van der Waals surface area contributed by atoms with Gasteiger partial charge in [-0.2, -0.15) is 5.10 Å². The molecule has 0 radical (unpaired) electrons. The molecule has 1 aromatic carbocycles. The number of ether oxygens (including phenoxy) is 2. The van der Waals surface area contributed by atoms with Crippen molar-refractivity contribution >= 4 is 23.5 Å². The van der Waals surface area contributed by atoms with Crippen LogP contribution in [0.5, 0.6) is 11.5 Å². The summed E-state index contributed by atoms with van der Waals surface area (Å²) in [5.74, 6) is 1.06. The largest absolute Gasteiger partial charge is 0.493 e. The van der Waals surface area contributed by atoms with Gasteiger partial charge >= 0.3 is 0 Å². The van der Waals surface area contributed by atoms with Crippen molar-refractivity contribution < 1.29 is 14.3 Å². The molecule has 22 heavy (non-hydrogen) atoms. The second-order valence-electron chi connectivity index (χ2n) is 4.63. The van der Waals surface area contributed by atoms with Crippen LogP contribution in [0.3, 0.4) is 0 Å². The van der Waals surface area contributed by atoms with Crippen LogP contribution in [-0.4, -0.2) is 26.3 Å². The minimum atomic E-state index is -0.183. The Bertz CT molecular complexity index is 680. The van der Waals surface area contributed by atoms with Gasteiger partial charge in [-0.1, -0.05) is 6.07 Å². The zero-order valence-electron chi connectivity index (χ0n) is 12.8. The predicted molar refractivity (Wildman–Crippen MR) is 88.0 cm³/mol.